The number of sulfonamides is 1. The largest absolute Gasteiger partial charge is 0.357 e. The third-order valence-corrected chi connectivity index (χ3v) is 5.54. The minimum Gasteiger partial charge on any atom is -0.357 e. The monoisotopic (exact) mass is 421 g/mol. The van der Waals surface area contributed by atoms with Crippen LogP contribution in [0.25, 0.3) is 0 Å². The third-order valence-electron chi connectivity index (χ3n) is 4.40. The van der Waals surface area contributed by atoms with E-state index in [4.69, 9.17) is 0 Å². The molecule has 0 aromatic heterocycles. The molecular weight excluding hydrogens is 397 g/mol. The maximum Gasteiger partial charge on any atom is 0.244 e. The fraction of sp³-hybridized carbons (Fsp3) is 0.300. The van der Waals surface area contributed by atoms with E-state index < -0.39 is 34.3 Å². The maximum absolute atomic E-state index is 13.2. The van der Waals surface area contributed by atoms with Gasteiger partial charge in [0.15, 0.2) is 0 Å². The fourth-order valence-electron chi connectivity index (χ4n) is 2.79. The summed E-state index contributed by atoms with van der Waals surface area (Å²) in [6.45, 7) is 1.19. The van der Waals surface area contributed by atoms with Gasteiger partial charge in [-0.3, -0.25) is 13.9 Å². The van der Waals surface area contributed by atoms with Gasteiger partial charge in [0, 0.05) is 13.6 Å². The zero-order chi connectivity index (χ0) is 21.6. The van der Waals surface area contributed by atoms with Crippen molar-refractivity contribution in [1.82, 2.24) is 10.2 Å². The summed E-state index contributed by atoms with van der Waals surface area (Å²) >= 11 is 0. The number of carbonyl (C=O) groups excluding carboxylic acids is 2. The number of likely N-dealkylation sites (N-methyl/N-ethyl adjacent to an activating group) is 1. The second-order valence-corrected chi connectivity index (χ2v) is 8.45. The van der Waals surface area contributed by atoms with Gasteiger partial charge >= 0.3 is 0 Å². The first-order valence-electron chi connectivity index (χ1n) is 8.91. The molecule has 0 heterocycles. The first-order chi connectivity index (χ1) is 13.6. The van der Waals surface area contributed by atoms with Crippen LogP contribution in [-0.2, 0) is 26.2 Å². The van der Waals surface area contributed by atoms with Crippen LogP contribution in [0.3, 0.4) is 0 Å². The van der Waals surface area contributed by atoms with E-state index in [0.717, 1.165) is 28.3 Å². The molecule has 0 fully saturated rings. The summed E-state index contributed by atoms with van der Waals surface area (Å²) in [4.78, 5) is 26.5. The lowest BCUT2D eigenvalue weighted by molar-refractivity contribution is -0.139. The van der Waals surface area contributed by atoms with Gasteiger partial charge in [0.25, 0.3) is 0 Å². The summed E-state index contributed by atoms with van der Waals surface area (Å²) in [5.41, 5.74) is 0.957. The molecule has 2 aromatic carbocycles. The highest BCUT2D eigenvalue weighted by Crippen LogP contribution is 2.19. The van der Waals surface area contributed by atoms with Crippen LogP contribution >= 0.6 is 0 Å². The molecule has 0 spiro atoms. The van der Waals surface area contributed by atoms with Gasteiger partial charge in [-0.25, -0.2) is 12.8 Å². The van der Waals surface area contributed by atoms with Crippen LogP contribution in [0.2, 0.25) is 0 Å². The number of hydrogen-bond acceptors (Lipinski definition) is 4. The molecule has 2 aromatic rings. The quantitative estimate of drug-likeness (QED) is 0.704. The van der Waals surface area contributed by atoms with E-state index >= 15 is 0 Å². The van der Waals surface area contributed by atoms with Gasteiger partial charge in [-0.05, 0) is 36.8 Å². The van der Waals surface area contributed by atoms with Gasteiger partial charge in [-0.1, -0.05) is 30.3 Å². The summed E-state index contributed by atoms with van der Waals surface area (Å²) in [7, 11) is -2.36. The first-order valence-corrected chi connectivity index (χ1v) is 10.8. The number of carbonyl (C=O) groups is 2. The second kappa shape index (κ2) is 9.51. The summed E-state index contributed by atoms with van der Waals surface area (Å²) < 4.78 is 38.7. The SMILES string of the molecule is CNC(=O)[C@H](C)N(Cc1ccccc1)C(=O)CN(c1ccc(F)cc1)S(C)(=O)=O. The van der Waals surface area contributed by atoms with Crippen molar-refractivity contribution >= 4 is 27.5 Å². The van der Waals surface area contributed by atoms with Gasteiger partial charge in [-0.15, -0.1) is 0 Å². The van der Waals surface area contributed by atoms with Crippen molar-refractivity contribution in [1.29, 1.82) is 0 Å². The summed E-state index contributed by atoms with van der Waals surface area (Å²) in [6.07, 6.45) is 0.966. The molecule has 0 aliphatic heterocycles. The Bertz CT molecular complexity index is 949. The first kappa shape index (κ1) is 22.4. The average molecular weight is 421 g/mol. The fourth-order valence-corrected chi connectivity index (χ4v) is 3.64. The Balaban J connectivity index is 2.34. The van der Waals surface area contributed by atoms with Crippen LogP contribution in [0, 0.1) is 5.82 Å². The Kier molecular flexibility index (Phi) is 7.33. The zero-order valence-electron chi connectivity index (χ0n) is 16.5. The van der Waals surface area contributed by atoms with E-state index in [1.807, 2.05) is 30.3 Å². The van der Waals surface area contributed by atoms with Crippen LogP contribution in [0.4, 0.5) is 10.1 Å². The minimum absolute atomic E-state index is 0.134. The van der Waals surface area contributed by atoms with E-state index in [1.165, 1.54) is 24.1 Å². The predicted octanol–water partition coefficient (Wildman–Crippen LogP) is 1.75. The molecule has 0 unspecified atom stereocenters. The van der Waals surface area contributed by atoms with Crippen molar-refractivity contribution in [3.8, 4) is 0 Å². The molecule has 0 saturated heterocycles. The van der Waals surface area contributed by atoms with E-state index in [2.05, 4.69) is 5.32 Å². The number of nitrogens with one attached hydrogen (secondary N) is 1. The molecular formula is C20H24FN3O4S. The van der Waals surface area contributed by atoms with Crippen molar-refractivity contribution in [3.05, 3.63) is 66.0 Å². The van der Waals surface area contributed by atoms with E-state index in [0.29, 0.717) is 0 Å². The van der Waals surface area contributed by atoms with Crippen molar-refractivity contribution in [2.75, 3.05) is 24.2 Å². The van der Waals surface area contributed by atoms with Crippen molar-refractivity contribution in [2.45, 2.75) is 19.5 Å². The average Bonchev–Trinajstić information content (AvgIpc) is 2.69. The van der Waals surface area contributed by atoms with Crippen LogP contribution in [0.5, 0.6) is 0 Å². The standard InChI is InChI=1S/C20H24FN3O4S/c1-15(20(26)22-2)23(13-16-7-5-4-6-8-16)19(25)14-24(29(3,27)28)18-11-9-17(21)10-12-18/h4-12,15H,13-14H2,1-3H3,(H,22,26)/t15-/m0/s1. The van der Waals surface area contributed by atoms with Crippen LogP contribution < -0.4 is 9.62 Å². The number of benzene rings is 2. The molecule has 2 rings (SSSR count). The Morgan fingerprint density at radius 2 is 1.66 bits per heavy atom. The van der Waals surface area contributed by atoms with Gasteiger partial charge in [0.2, 0.25) is 21.8 Å². The highest BCUT2D eigenvalue weighted by Gasteiger charge is 2.29. The van der Waals surface area contributed by atoms with E-state index in [9.17, 15) is 22.4 Å². The summed E-state index contributed by atoms with van der Waals surface area (Å²) in [5.74, 6) is -1.45. The predicted molar refractivity (Wildman–Crippen MR) is 109 cm³/mol. The number of amides is 2. The molecule has 29 heavy (non-hydrogen) atoms. The lowest BCUT2D eigenvalue weighted by Gasteiger charge is -2.31. The topological polar surface area (TPSA) is 86.8 Å². The maximum atomic E-state index is 13.2. The molecule has 1 atom stereocenters. The van der Waals surface area contributed by atoms with Crippen molar-refractivity contribution in [3.63, 3.8) is 0 Å². The summed E-state index contributed by atoms with van der Waals surface area (Å²) in [6, 6.07) is 13.1. The summed E-state index contributed by atoms with van der Waals surface area (Å²) in [5, 5.41) is 2.50. The molecule has 1 N–H and O–H groups in total. The number of rotatable bonds is 8. The van der Waals surface area contributed by atoms with Crippen LogP contribution in [-0.4, -0.2) is 51.0 Å². The number of nitrogens with zero attached hydrogens (tertiary/aromatic N) is 2. The highest BCUT2D eigenvalue weighted by atomic mass is 32.2. The van der Waals surface area contributed by atoms with Gasteiger partial charge in [0.05, 0.1) is 11.9 Å². The van der Waals surface area contributed by atoms with Crippen LogP contribution in [0.15, 0.2) is 54.6 Å². The molecule has 7 nitrogen and oxygen atoms in total. The second-order valence-electron chi connectivity index (χ2n) is 6.54. The Morgan fingerprint density at radius 1 is 1.07 bits per heavy atom. The third kappa shape index (κ3) is 6.02. The molecule has 0 bridgehead atoms. The molecule has 2 amide bonds. The molecule has 0 saturated carbocycles. The van der Waals surface area contributed by atoms with Gasteiger partial charge in [-0.2, -0.15) is 0 Å². The Morgan fingerprint density at radius 3 is 2.17 bits per heavy atom. The van der Waals surface area contributed by atoms with E-state index in [1.54, 1.807) is 6.92 Å². The number of anilines is 1. The molecule has 9 heteroatoms. The highest BCUT2D eigenvalue weighted by molar-refractivity contribution is 7.92. The van der Waals surface area contributed by atoms with Gasteiger partial charge < -0.3 is 10.2 Å². The number of hydrogen-bond donors (Lipinski definition) is 1. The molecule has 0 radical (unpaired) electrons. The smallest absolute Gasteiger partial charge is 0.244 e. The van der Waals surface area contributed by atoms with Crippen molar-refractivity contribution in [2.24, 2.45) is 0 Å². The molecule has 0 aliphatic carbocycles. The van der Waals surface area contributed by atoms with E-state index in [-0.39, 0.29) is 18.1 Å². The Hall–Kier alpha value is -2.94. The normalized spacial score (nSPS) is 12.1. The molecule has 0 aliphatic rings. The lowest BCUT2D eigenvalue weighted by Crippen LogP contribution is -2.50. The molecule has 156 valence electrons. The number of halogens is 1. The van der Waals surface area contributed by atoms with Crippen LogP contribution in [0.1, 0.15) is 12.5 Å². The van der Waals surface area contributed by atoms with Gasteiger partial charge in [0.1, 0.15) is 18.4 Å². The minimum atomic E-state index is -3.82. The van der Waals surface area contributed by atoms with Crippen molar-refractivity contribution < 1.29 is 22.4 Å². The zero-order valence-corrected chi connectivity index (χ0v) is 17.3. The lowest BCUT2D eigenvalue weighted by atomic mass is 10.1. The Labute approximate surface area is 170 Å².